The van der Waals surface area contributed by atoms with Crippen molar-refractivity contribution in [3.8, 4) is 67.0 Å². The average Bonchev–Trinajstić information content (AvgIpc) is 3.77. The highest BCUT2D eigenvalue weighted by atomic mass is 32.1. The molecular formula is C48H30N2S2. The van der Waals surface area contributed by atoms with E-state index in [1.165, 1.54) is 74.1 Å². The molecule has 0 unspecified atom stereocenters. The van der Waals surface area contributed by atoms with Crippen molar-refractivity contribution in [2.24, 2.45) is 0 Å². The molecule has 0 saturated carbocycles. The summed E-state index contributed by atoms with van der Waals surface area (Å²) < 4.78 is 5.44. The first-order chi connectivity index (χ1) is 25.7. The van der Waals surface area contributed by atoms with Gasteiger partial charge in [0, 0.05) is 43.7 Å². The molecule has 0 atom stereocenters. The maximum atomic E-state index is 4.48. The van der Waals surface area contributed by atoms with Crippen LogP contribution >= 0.6 is 22.7 Å². The van der Waals surface area contributed by atoms with Crippen molar-refractivity contribution in [1.29, 1.82) is 0 Å². The molecule has 10 aromatic rings. The minimum atomic E-state index is 0.993. The van der Waals surface area contributed by atoms with Crippen molar-refractivity contribution in [3.63, 3.8) is 0 Å². The lowest BCUT2D eigenvalue weighted by Crippen LogP contribution is -1.83. The predicted molar refractivity (Wildman–Crippen MR) is 223 cm³/mol. The van der Waals surface area contributed by atoms with Gasteiger partial charge in [-0.15, -0.1) is 22.7 Å². The van der Waals surface area contributed by atoms with Gasteiger partial charge in [0.25, 0.3) is 0 Å². The molecular weight excluding hydrogens is 669 g/mol. The first kappa shape index (κ1) is 30.6. The number of pyridine rings is 2. The minimum absolute atomic E-state index is 0.993. The number of hydrogen-bond acceptors (Lipinski definition) is 4. The zero-order valence-corrected chi connectivity index (χ0v) is 29.7. The van der Waals surface area contributed by atoms with Crippen molar-refractivity contribution >= 4 is 52.2 Å². The van der Waals surface area contributed by atoms with Gasteiger partial charge >= 0.3 is 0 Å². The average molecular weight is 699 g/mol. The van der Waals surface area contributed by atoms with E-state index in [0.717, 1.165) is 22.5 Å². The summed E-state index contributed by atoms with van der Waals surface area (Å²) in [5, 5.41) is 2.68. The van der Waals surface area contributed by atoms with Gasteiger partial charge in [-0.3, -0.25) is 9.97 Å². The van der Waals surface area contributed by atoms with Crippen molar-refractivity contribution in [2.75, 3.05) is 0 Å². The fraction of sp³-hybridized carbons (Fsp3) is 0. The Morgan fingerprint density at radius 1 is 0.288 bits per heavy atom. The van der Waals surface area contributed by atoms with Crippen LogP contribution in [0.5, 0.6) is 0 Å². The largest absolute Gasteiger partial charge is 0.256 e. The van der Waals surface area contributed by atoms with E-state index >= 15 is 0 Å². The van der Waals surface area contributed by atoms with Crippen molar-refractivity contribution in [2.45, 2.75) is 0 Å². The maximum absolute atomic E-state index is 4.48. The van der Waals surface area contributed by atoms with Crippen LogP contribution in [-0.2, 0) is 0 Å². The quantitative estimate of drug-likeness (QED) is 0.173. The standard InChI is InChI=1S/C48H30N2S2/c1-3-27-49-43(5-1)37-19-15-33(16-20-37)31-7-11-35(12-8-31)39-23-25-41-45(29-39)51-48-42-26-24-40(30-46(42)52-47(41)48)36-13-9-32(10-14-36)34-17-21-38(22-18-34)44-6-2-4-28-50-44/h1-30H. The van der Waals surface area contributed by atoms with Crippen LogP contribution in [0.4, 0.5) is 0 Å². The number of aromatic nitrogens is 2. The Morgan fingerprint density at radius 3 is 0.923 bits per heavy atom. The Morgan fingerprint density at radius 2 is 0.596 bits per heavy atom. The molecule has 2 nitrogen and oxygen atoms in total. The lowest BCUT2D eigenvalue weighted by Gasteiger charge is -2.07. The lowest BCUT2D eigenvalue weighted by atomic mass is 9.98. The minimum Gasteiger partial charge on any atom is -0.256 e. The van der Waals surface area contributed by atoms with Crippen LogP contribution in [0.25, 0.3) is 96.6 Å². The van der Waals surface area contributed by atoms with E-state index < -0.39 is 0 Å². The number of nitrogens with zero attached hydrogens (tertiary/aromatic N) is 2. The molecule has 4 aromatic heterocycles. The van der Waals surface area contributed by atoms with E-state index in [1.807, 2.05) is 71.5 Å². The van der Waals surface area contributed by atoms with Crippen molar-refractivity contribution in [1.82, 2.24) is 9.97 Å². The number of thiophene rings is 2. The van der Waals surface area contributed by atoms with Crippen LogP contribution in [0.1, 0.15) is 0 Å². The van der Waals surface area contributed by atoms with Gasteiger partial charge in [-0.25, -0.2) is 0 Å². The van der Waals surface area contributed by atoms with Crippen molar-refractivity contribution < 1.29 is 0 Å². The Bertz CT molecular complexity index is 2640. The summed E-state index contributed by atoms with van der Waals surface area (Å²) in [6, 6.07) is 61.1. The SMILES string of the molecule is c1ccc(-c2ccc(-c3ccc(-c4ccc5c(c4)sc4c6ccc(-c7ccc(-c8ccc(-c9ccccn9)cc8)cc7)cc6sc54)cc3)cc2)nc1. The van der Waals surface area contributed by atoms with Gasteiger partial charge in [-0.2, -0.15) is 0 Å². The Labute approximate surface area is 310 Å². The molecule has 4 heterocycles. The smallest absolute Gasteiger partial charge is 0.0701 e. The van der Waals surface area contributed by atoms with E-state index in [9.17, 15) is 0 Å². The van der Waals surface area contributed by atoms with Crippen LogP contribution in [0.3, 0.4) is 0 Å². The maximum Gasteiger partial charge on any atom is 0.0701 e. The van der Waals surface area contributed by atoms with Gasteiger partial charge in [0.05, 0.1) is 20.8 Å². The van der Waals surface area contributed by atoms with E-state index in [1.54, 1.807) is 0 Å². The van der Waals surface area contributed by atoms with Gasteiger partial charge in [0.1, 0.15) is 0 Å². The van der Waals surface area contributed by atoms with E-state index in [4.69, 9.17) is 0 Å². The van der Waals surface area contributed by atoms with Crippen LogP contribution in [0.15, 0.2) is 182 Å². The highest BCUT2D eigenvalue weighted by Crippen LogP contribution is 2.46. The molecule has 0 aliphatic carbocycles. The Balaban J connectivity index is 0.884. The first-order valence-corrected chi connectivity index (χ1v) is 19.0. The fourth-order valence-corrected chi connectivity index (χ4v) is 9.79. The molecule has 6 aromatic carbocycles. The summed E-state index contributed by atoms with van der Waals surface area (Å²) in [4.78, 5) is 8.95. The number of hydrogen-bond donors (Lipinski definition) is 0. The van der Waals surface area contributed by atoms with Gasteiger partial charge in [0.2, 0.25) is 0 Å². The number of fused-ring (bicyclic) bond motifs is 5. The summed E-state index contributed by atoms with van der Waals surface area (Å²) in [7, 11) is 0. The molecule has 244 valence electrons. The second-order valence-corrected chi connectivity index (χ2v) is 15.1. The zero-order valence-electron chi connectivity index (χ0n) is 28.0. The Kier molecular flexibility index (Phi) is 7.56. The molecule has 0 bridgehead atoms. The number of rotatable bonds is 6. The molecule has 4 heteroatoms. The molecule has 52 heavy (non-hydrogen) atoms. The molecule has 0 N–H and O–H groups in total. The van der Waals surface area contributed by atoms with Gasteiger partial charge < -0.3 is 0 Å². The van der Waals surface area contributed by atoms with Crippen molar-refractivity contribution in [3.05, 3.63) is 182 Å². The molecule has 10 rings (SSSR count). The zero-order chi connectivity index (χ0) is 34.4. The third-order valence-electron chi connectivity index (χ3n) is 9.88. The Hall–Kier alpha value is -6.20. The van der Waals surface area contributed by atoms with Crippen LogP contribution in [0.2, 0.25) is 0 Å². The van der Waals surface area contributed by atoms with E-state index in [0.29, 0.717) is 0 Å². The second-order valence-electron chi connectivity index (χ2n) is 13.0. The normalized spacial score (nSPS) is 11.5. The van der Waals surface area contributed by atoms with E-state index in [-0.39, 0.29) is 0 Å². The predicted octanol–water partition coefficient (Wildman–Crippen LogP) is 14.1. The van der Waals surface area contributed by atoms with E-state index in [2.05, 4.69) is 143 Å². The molecule has 0 aliphatic heterocycles. The highest BCUT2D eigenvalue weighted by Gasteiger charge is 2.14. The van der Waals surface area contributed by atoms with Crippen LogP contribution < -0.4 is 0 Å². The topological polar surface area (TPSA) is 25.8 Å². The number of benzene rings is 6. The lowest BCUT2D eigenvalue weighted by molar-refractivity contribution is 1.33. The summed E-state index contributed by atoms with van der Waals surface area (Å²) >= 11 is 3.82. The van der Waals surface area contributed by atoms with Crippen LogP contribution in [0, 0.1) is 0 Å². The first-order valence-electron chi connectivity index (χ1n) is 17.4. The molecule has 0 aliphatic rings. The summed E-state index contributed by atoms with van der Waals surface area (Å²) in [5.74, 6) is 0. The molecule has 0 fully saturated rings. The molecule has 0 radical (unpaired) electrons. The highest BCUT2D eigenvalue weighted by molar-refractivity contribution is 7.36. The molecule has 0 saturated heterocycles. The summed E-state index contributed by atoms with van der Waals surface area (Å²) in [5.41, 5.74) is 14.0. The third-order valence-corrected chi connectivity index (χ3v) is 12.4. The molecule has 0 amide bonds. The molecule has 0 spiro atoms. The van der Waals surface area contributed by atoms with Gasteiger partial charge in [-0.05, 0) is 80.9 Å². The monoisotopic (exact) mass is 698 g/mol. The van der Waals surface area contributed by atoms with Crippen LogP contribution in [-0.4, -0.2) is 9.97 Å². The van der Waals surface area contributed by atoms with Gasteiger partial charge in [-0.1, -0.05) is 133 Å². The third kappa shape index (κ3) is 5.59. The van der Waals surface area contributed by atoms with Gasteiger partial charge in [0.15, 0.2) is 0 Å². The summed E-state index contributed by atoms with van der Waals surface area (Å²) in [6.07, 6.45) is 3.67. The summed E-state index contributed by atoms with van der Waals surface area (Å²) in [6.45, 7) is 0. The fourth-order valence-electron chi connectivity index (χ4n) is 7.06. The second kappa shape index (κ2) is 12.8.